The third-order valence-corrected chi connectivity index (χ3v) is 3.90. The fourth-order valence-corrected chi connectivity index (χ4v) is 2.75. The highest BCUT2D eigenvalue weighted by atomic mass is 15.0. The van der Waals surface area contributed by atoms with Gasteiger partial charge in [0.1, 0.15) is 0 Å². The summed E-state index contributed by atoms with van der Waals surface area (Å²) in [5, 5.41) is 14.1. The van der Waals surface area contributed by atoms with Crippen molar-refractivity contribution in [3.05, 3.63) is 0 Å². The summed E-state index contributed by atoms with van der Waals surface area (Å²) in [6, 6.07) is 1.52. The van der Waals surface area contributed by atoms with E-state index in [1.54, 1.807) is 0 Å². The third-order valence-electron chi connectivity index (χ3n) is 3.90. The van der Waals surface area contributed by atoms with Gasteiger partial charge in [-0.05, 0) is 71.4 Å². The van der Waals surface area contributed by atoms with Gasteiger partial charge < -0.3 is 21.3 Å². The van der Waals surface area contributed by atoms with Crippen molar-refractivity contribution >= 4 is 0 Å². The van der Waals surface area contributed by atoms with Crippen LogP contribution in [0.25, 0.3) is 0 Å². The van der Waals surface area contributed by atoms with Gasteiger partial charge in [0.2, 0.25) is 0 Å². The van der Waals surface area contributed by atoms with Gasteiger partial charge in [0, 0.05) is 12.1 Å². The van der Waals surface area contributed by atoms with Crippen LogP contribution in [0.1, 0.15) is 32.1 Å². The molecule has 0 aliphatic carbocycles. The fraction of sp³-hybridized carbons (Fsp3) is 1.00. The molecule has 0 aromatic heterocycles. The first-order chi connectivity index (χ1) is 8.45. The van der Waals surface area contributed by atoms with Crippen LogP contribution in [0.3, 0.4) is 0 Å². The smallest absolute Gasteiger partial charge is 0.00912 e. The molecule has 2 heterocycles. The predicted octanol–water partition coefficient (Wildman–Crippen LogP) is 0.0597. The molecular formula is C13H28N4. The molecule has 4 N–H and O–H groups in total. The highest BCUT2D eigenvalue weighted by Crippen LogP contribution is 2.02. The number of rotatable bonds is 6. The van der Waals surface area contributed by atoms with Crippen molar-refractivity contribution in [2.75, 3.05) is 39.3 Å². The standard InChI is InChI=1S/C13H28N4/c1(6-16-12-2-8-14-9-3-12)7-17-13-4-10-15-11-5-13/h12-17H,1-11H2. The molecule has 0 spiro atoms. The van der Waals surface area contributed by atoms with Gasteiger partial charge in [-0.2, -0.15) is 0 Å². The van der Waals surface area contributed by atoms with Gasteiger partial charge in [-0.25, -0.2) is 0 Å². The van der Waals surface area contributed by atoms with Crippen LogP contribution in [0.15, 0.2) is 0 Å². The summed E-state index contributed by atoms with van der Waals surface area (Å²) in [5.41, 5.74) is 0. The summed E-state index contributed by atoms with van der Waals surface area (Å²) in [7, 11) is 0. The Bertz CT molecular complexity index is 166. The van der Waals surface area contributed by atoms with E-state index in [-0.39, 0.29) is 0 Å². The molecule has 2 saturated heterocycles. The summed E-state index contributed by atoms with van der Waals surface area (Å²) in [4.78, 5) is 0. The second-order valence-electron chi connectivity index (χ2n) is 5.31. The van der Waals surface area contributed by atoms with Crippen molar-refractivity contribution < 1.29 is 0 Å². The summed E-state index contributed by atoms with van der Waals surface area (Å²) in [6.45, 7) is 7.08. The van der Waals surface area contributed by atoms with Crippen LogP contribution in [-0.4, -0.2) is 51.4 Å². The number of piperidine rings is 2. The summed E-state index contributed by atoms with van der Waals surface area (Å²) < 4.78 is 0. The summed E-state index contributed by atoms with van der Waals surface area (Å²) in [6.07, 6.45) is 6.43. The predicted molar refractivity (Wildman–Crippen MR) is 72.4 cm³/mol. The van der Waals surface area contributed by atoms with E-state index in [2.05, 4.69) is 21.3 Å². The molecule has 2 rings (SSSR count). The first kappa shape index (κ1) is 13.3. The molecule has 0 amide bonds. The molecule has 0 radical (unpaired) electrons. The van der Waals surface area contributed by atoms with E-state index < -0.39 is 0 Å². The van der Waals surface area contributed by atoms with Crippen LogP contribution in [0, 0.1) is 0 Å². The first-order valence-electron chi connectivity index (χ1n) is 7.33. The van der Waals surface area contributed by atoms with E-state index in [1.165, 1.54) is 71.4 Å². The first-order valence-corrected chi connectivity index (χ1v) is 7.33. The average Bonchev–Trinajstić information content (AvgIpc) is 2.41. The van der Waals surface area contributed by atoms with Crippen LogP contribution in [-0.2, 0) is 0 Å². The van der Waals surface area contributed by atoms with Crippen molar-refractivity contribution in [3.63, 3.8) is 0 Å². The Labute approximate surface area is 105 Å². The molecule has 4 heteroatoms. The molecule has 0 saturated carbocycles. The molecule has 100 valence electrons. The normalized spacial score (nSPS) is 24.0. The lowest BCUT2D eigenvalue weighted by Gasteiger charge is -2.25. The lowest BCUT2D eigenvalue weighted by atomic mass is 10.1. The van der Waals surface area contributed by atoms with Crippen LogP contribution in [0.5, 0.6) is 0 Å². The topological polar surface area (TPSA) is 48.1 Å². The van der Waals surface area contributed by atoms with Crippen LogP contribution in [0.2, 0.25) is 0 Å². The van der Waals surface area contributed by atoms with E-state index in [0.717, 1.165) is 12.1 Å². The Kier molecular flexibility index (Phi) is 6.27. The van der Waals surface area contributed by atoms with Crippen LogP contribution >= 0.6 is 0 Å². The molecule has 0 unspecified atom stereocenters. The second-order valence-corrected chi connectivity index (χ2v) is 5.31. The van der Waals surface area contributed by atoms with Crippen molar-refractivity contribution in [3.8, 4) is 0 Å². The van der Waals surface area contributed by atoms with Gasteiger partial charge in [-0.15, -0.1) is 0 Å². The van der Waals surface area contributed by atoms with Gasteiger partial charge in [0.05, 0.1) is 0 Å². The number of hydrogen-bond donors (Lipinski definition) is 4. The highest BCUT2D eigenvalue weighted by Gasteiger charge is 2.12. The molecular weight excluding hydrogens is 212 g/mol. The summed E-state index contributed by atoms with van der Waals surface area (Å²) >= 11 is 0. The van der Waals surface area contributed by atoms with E-state index in [1.807, 2.05) is 0 Å². The Morgan fingerprint density at radius 1 is 0.706 bits per heavy atom. The third kappa shape index (κ3) is 5.34. The van der Waals surface area contributed by atoms with E-state index in [4.69, 9.17) is 0 Å². The quantitative estimate of drug-likeness (QED) is 0.496. The van der Waals surface area contributed by atoms with Crippen LogP contribution < -0.4 is 21.3 Å². The van der Waals surface area contributed by atoms with E-state index in [9.17, 15) is 0 Å². The molecule has 0 aromatic carbocycles. The highest BCUT2D eigenvalue weighted by molar-refractivity contribution is 4.76. The molecule has 0 bridgehead atoms. The van der Waals surface area contributed by atoms with Crippen molar-refractivity contribution in [2.24, 2.45) is 0 Å². The van der Waals surface area contributed by atoms with Crippen molar-refractivity contribution in [1.82, 2.24) is 21.3 Å². The maximum atomic E-state index is 3.67. The van der Waals surface area contributed by atoms with Gasteiger partial charge >= 0.3 is 0 Å². The zero-order valence-corrected chi connectivity index (χ0v) is 10.9. The maximum Gasteiger partial charge on any atom is 0.00912 e. The summed E-state index contributed by atoms with van der Waals surface area (Å²) in [5.74, 6) is 0. The minimum absolute atomic E-state index is 0.759. The fourth-order valence-electron chi connectivity index (χ4n) is 2.75. The van der Waals surface area contributed by atoms with Crippen molar-refractivity contribution in [1.29, 1.82) is 0 Å². The van der Waals surface area contributed by atoms with Gasteiger partial charge in [0.25, 0.3) is 0 Å². The molecule has 17 heavy (non-hydrogen) atoms. The lowest BCUT2D eigenvalue weighted by Crippen LogP contribution is -2.42. The number of hydrogen-bond acceptors (Lipinski definition) is 4. The Morgan fingerprint density at radius 2 is 1.12 bits per heavy atom. The molecule has 2 aliphatic rings. The molecule has 2 fully saturated rings. The Morgan fingerprint density at radius 3 is 1.53 bits per heavy atom. The average molecular weight is 240 g/mol. The molecule has 2 aliphatic heterocycles. The zero-order chi connectivity index (χ0) is 11.8. The molecule has 0 atom stereocenters. The van der Waals surface area contributed by atoms with Gasteiger partial charge in [-0.1, -0.05) is 0 Å². The Hall–Kier alpha value is -0.160. The second kappa shape index (κ2) is 8.03. The van der Waals surface area contributed by atoms with Gasteiger partial charge in [0.15, 0.2) is 0 Å². The zero-order valence-electron chi connectivity index (χ0n) is 10.9. The monoisotopic (exact) mass is 240 g/mol. The van der Waals surface area contributed by atoms with Crippen molar-refractivity contribution in [2.45, 2.75) is 44.2 Å². The minimum Gasteiger partial charge on any atom is -0.317 e. The Balaban J connectivity index is 1.42. The van der Waals surface area contributed by atoms with Crippen LogP contribution in [0.4, 0.5) is 0 Å². The van der Waals surface area contributed by atoms with E-state index >= 15 is 0 Å². The maximum absolute atomic E-state index is 3.67. The minimum atomic E-state index is 0.759. The van der Waals surface area contributed by atoms with Gasteiger partial charge in [-0.3, -0.25) is 0 Å². The number of nitrogens with one attached hydrogen (secondary N) is 4. The lowest BCUT2D eigenvalue weighted by molar-refractivity contribution is 0.366. The molecule has 4 nitrogen and oxygen atoms in total. The SMILES string of the molecule is C(CNC1CCNCC1)CNC1CCNCC1. The largest absolute Gasteiger partial charge is 0.317 e. The van der Waals surface area contributed by atoms with E-state index in [0.29, 0.717) is 0 Å². The molecule has 0 aromatic rings.